The molecular formula is C13H20N2O3. The average Bonchev–Trinajstić information content (AvgIpc) is 2.32. The molecule has 1 aromatic rings. The third-order valence-electron chi connectivity index (χ3n) is 3.13. The van der Waals surface area contributed by atoms with Crippen LogP contribution in [0.3, 0.4) is 0 Å². The van der Waals surface area contributed by atoms with Gasteiger partial charge in [-0.2, -0.15) is 0 Å². The molecule has 0 saturated carbocycles. The number of pyridine rings is 1. The van der Waals surface area contributed by atoms with Crippen molar-refractivity contribution in [2.45, 2.75) is 27.3 Å². The lowest BCUT2D eigenvalue weighted by Gasteiger charge is -2.20. The first-order valence-electron chi connectivity index (χ1n) is 6.16. The van der Waals surface area contributed by atoms with Gasteiger partial charge in [-0.05, 0) is 20.0 Å². The minimum atomic E-state index is -1.17. The summed E-state index contributed by atoms with van der Waals surface area (Å²) in [5.74, 6) is -1.17. The SMILES string of the molecule is CCN(CC)CCn1cc(C(=O)O)c(=O)cc1C. The Labute approximate surface area is 107 Å². The summed E-state index contributed by atoms with van der Waals surface area (Å²) in [5, 5.41) is 8.93. The lowest BCUT2D eigenvalue weighted by molar-refractivity contribution is 0.0694. The van der Waals surface area contributed by atoms with Crippen LogP contribution in [0.15, 0.2) is 17.1 Å². The standard InChI is InChI=1S/C13H20N2O3/c1-4-14(5-2)6-7-15-9-11(13(17)18)12(16)8-10(15)3/h8-9H,4-7H2,1-3H3,(H,17,18). The third-order valence-corrected chi connectivity index (χ3v) is 3.13. The van der Waals surface area contributed by atoms with Gasteiger partial charge >= 0.3 is 5.97 Å². The zero-order valence-electron chi connectivity index (χ0n) is 11.1. The summed E-state index contributed by atoms with van der Waals surface area (Å²) in [6.07, 6.45) is 1.43. The van der Waals surface area contributed by atoms with Gasteiger partial charge in [0.15, 0.2) is 5.43 Å². The number of aromatic carboxylic acids is 1. The minimum absolute atomic E-state index is 0.167. The van der Waals surface area contributed by atoms with Gasteiger partial charge in [-0.15, -0.1) is 0 Å². The maximum Gasteiger partial charge on any atom is 0.341 e. The van der Waals surface area contributed by atoms with Crippen LogP contribution in [0.4, 0.5) is 0 Å². The Morgan fingerprint density at radius 3 is 2.50 bits per heavy atom. The van der Waals surface area contributed by atoms with E-state index >= 15 is 0 Å². The van der Waals surface area contributed by atoms with Gasteiger partial charge in [0.1, 0.15) is 5.56 Å². The number of hydrogen-bond acceptors (Lipinski definition) is 3. The summed E-state index contributed by atoms with van der Waals surface area (Å²) >= 11 is 0. The second-order valence-electron chi connectivity index (χ2n) is 4.22. The van der Waals surface area contributed by atoms with Crippen molar-refractivity contribution >= 4 is 5.97 Å². The normalized spacial score (nSPS) is 10.9. The molecule has 18 heavy (non-hydrogen) atoms. The van der Waals surface area contributed by atoms with Crippen molar-refractivity contribution in [2.24, 2.45) is 0 Å². The van der Waals surface area contributed by atoms with E-state index in [2.05, 4.69) is 18.7 Å². The maximum atomic E-state index is 11.5. The van der Waals surface area contributed by atoms with E-state index in [0.29, 0.717) is 6.54 Å². The lowest BCUT2D eigenvalue weighted by atomic mass is 10.2. The first-order chi connectivity index (χ1) is 8.49. The van der Waals surface area contributed by atoms with Crippen LogP contribution in [0.25, 0.3) is 0 Å². The summed E-state index contributed by atoms with van der Waals surface area (Å²) in [7, 11) is 0. The van der Waals surface area contributed by atoms with Crippen LogP contribution in [-0.2, 0) is 6.54 Å². The van der Waals surface area contributed by atoms with Crippen molar-refractivity contribution in [2.75, 3.05) is 19.6 Å². The van der Waals surface area contributed by atoms with E-state index in [4.69, 9.17) is 5.11 Å². The van der Waals surface area contributed by atoms with E-state index in [1.165, 1.54) is 12.3 Å². The summed E-state index contributed by atoms with van der Waals surface area (Å²) in [5.41, 5.74) is 0.191. The molecular weight excluding hydrogens is 232 g/mol. The number of carbonyl (C=O) groups is 1. The van der Waals surface area contributed by atoms with E-state index in [-0.39, 0.29) is 5.56 Å². The van der Waals surface area contributed by atoms with Gasteiger partial charge in [0.25, 0.3) is 0 Å². The van der Waals surface area contributed by atoms with Crippen LogP contribution >= 0.6 is 0 Å². The molecule has 1 rings (SSSR count). The Hall–Kier alpha value is -1.62. The summed E-state index contributed by atoms with van der Waals surface area (Å²) in [6, 6.07) is 1.38. The highest BCUT2D eigenvalue weighted by Gasteiger charge is 2.10. The van der Waals surface area contributed by atoms with Crippen LogP contribution in [0.5, 0.6) is 0 Å². The molecule has 0 radical (unpaired) electrons. The summed E-state index contributed by atoms with van der Waals surface area (Å²) in [6.45, 7) is 9.44. The quantitative estimate of drug-likeness (QED) is 0.826. The zero-order valence-corrected chi connectivity index (χ0v) is 11.1. The molecule has 5 nitrogen and oxygen atoms in total. The largest absolute Gasteiger partial charge is 0.477 e. The number of nitrogens with zero attached hydrogens (tertiary/aromatic N) is 2. The second kappa shape index (κ2) is 6.35. The average molecular weight is 252 g/mol. The van der Waals surface area contributed by atoms with Crippen molar-refractivity contribution in [3.63, 3.8) is 0 Å². The molecule has 0 fully saturated rings. The molecule has 0 aliphatic rings. The summed E-state index contributed by atoms with van der Waals surface area (Å²) < 4.78 is 1.82. The monoisotopic (exact) mass is 252 g/mol. The van der Waals surface area contributed by atoms with Gasteiger partial charge in [0, 0.05) is 31.0 Å². The topological polar surface area (TPSA) is 62.5 Å². The third kappa shape index (κ3) is 3.43. The number of hydrogen-bond donors (Lipinski definition) is 1. The van der Waals surface area contributed by atoms with Crippen molar-refractivity contribution < 1.29 is 9.90 Å². The lowest BCUT2D eigenvalue weighted by Crippen LogP contribution is -2.28. The van der Waals surface area contributed by atoms with Crippen LogP contribution in [0.1, 0.15) is 29.9 Å². The van der Waals surface area contributed by atoms with E-state index in [0.717, 1.165) is 25.3 Å². The molecule has 0 amide bonds. The predicted molar refractivity (Wildman–Crippen MR) is 70.2 cm³/mol. The van der Waals surface area contributed by atoms with Crippen LogP contribution in [0, 0.1) is 6.92 Å². The molecule has 0 aliphatic heterocycles. The fourth-order valence-corrected chi connectivity index (χ4v) is 1.86. The Bertz CT molecular complexity index is 476. The molecule has 1 aromatic heterocycles. The van der Waals surface area contributed by atoms with E-state index in [1.54, 1.807) is 0 Å². The number of aromatic nitrogens is 1. The van der Waals surface area contributed by atoms with E-state index in [9.17, 15) is 9.59 Å². The molecule has 0 atom stereocenters. The Kier molecular flexibility index (Phi) is 5.09. The van der Waals surface area contributed by atoms with Gasteiger partial charge in [-0.25, -0.2) is 4.79 Å². The number of aryl methyl sites for hydroxylation is 1. The molecule has 0 saturated heterocycles. The Morgan fingerprint density at radius 2 is 2.00 bits per heavy atom. The molecule has 0 bridgehead atoms. The molecule has 0 aliphatic carbocycles. The molecule has 0 aromatic carbocycles. The fraction of sp³-hybridized carbons (Fsp3) is 0.538. The van der Waals surface area contributed by atoms with Crippen molar-refractivity contribution in [1.82, 2.24) is 9.47 Å². The number of carboxylic acid groups (broad SMARTS) is 1. The van der Waals surface area contributed by atoms with Crippen molar-refractivity contribution in [3.8, 4) is 0 Å². The van der Waals surface area contributed by atoms with Crippen molar-refractivity contribution in [3.05, 3.63) is 33.7 Å². The van der Waals surface area contributed by atoms with E-state index in [1.807, 2.05) is 11.5 Å². The Morgan fingerprint density at radius 1 is 1.39 bits per heavy atom. The van der Waals surface area contributed by atoms with Gasteiger partial charge in [-0.1, -0.05) is 13.8 Å². The molecule has 5 heteroatoms. The van der Waals surface area contributed by atoms with Crippen LogP contribution in [0.2, 0.25) is 0 Å². The van der Waals surface area contributed by atoms with Gasteiger partial charge in [0.2, 0.25) is 0 Å². The molecule has 1 N–H and O–H groups in total. The molecule has 0 spiro atoms. The highest BCUT2D eigenvalue weighted by molar-refractivity contribution is 5.87. The predicted octanol–water partition coefficient (Wildman–Crippen LogP) is 1.20. The minimum Gasteiger partial charge on any atom is -0.477 e. The number of carboxylic acids is 1. The van der Waals surface area contributed by atoms with Crippen LogP contribution in [-0.4, -0.2) is 40.2 Å². The highest BCUT2D eigenvalue weighted by Crippen LogP contribution is 2.01. The van der Waals surface area contributed by atoms with E-state index < -0.39 is 11.4 Å². The molecule has 1 heterocycles. The highest BCUT2D eigenvalue weighted by atomic mass is 16.4. The first-order valence-corrected chi connectivity index (χ1v) is 6.16. The fourth-order valence-electron chi connectivity index (χ4n) is 1.86. The van der Waals surface area contributed by atoms with Gasteiger partial charge in [-0.3, -0.25) is 4.79 Å². The van der Waals surface area contributed by atoms with Crippen molar-refractivity contribution in [1.29, 1.82) is 0 Å². The second-order valence-corrected chi connectivity index (χ2v) is 4.22. The molecule has 0 unspecified atom stereocenters. The Balaban J connectivity index is 2.92. The van der Waals surface area contributed by atoms with Gasteiger partial charge < -0.3 is 14.6 Å². The number of rotatable bonds is 6. The smallest absolute Gasteiger partial charge is 0.341 e. The van der Waals surface area contributed by atoms with Gasteiger partial charge in [0.05, 0.1) is 0 Å². The maximum absolute atomic E-state index is 11.5. The first kappa shape index (κ1) is 14.4. The summed E-state index contributed by atoms with van der Waals surface area (Å²) in [4.78, 5) is 24.6. The van der Waals surface area contributed by atoms with Crippen LogP contribution < -0.4 is 5.43 Å². The number of likely N-dealkylation sites (N-methyl/N-ethyl adjacent to an activating group) is 1. The zero-order chi connectivity index (χ0) is 13.7. The molecule has 100 valence electrons.